The average molecular weight is 244 g/mol. The number of methoxy groups -OCH3 is 1. The summed E-state index contributed by atoms with van der Waals surface area (Å²) in [5.41, 5.74) is 2.13. The Kier molecular flexibility index (Phi) is 4.40. The fraction of sp³-hybridized carbons (Fsp3) is 0.400. The van der Waals surface area contributed by atoms with Crippen LogP contribution in [0.2, 0.25) is 0 Å². The van der Waals surface area contributed by atoms with E-state index in [4.69, 9.17) is 4.74 Å². The van der Waals surface area contributed by atoms with E-state index in [1.807, 2.05) is 30.5 Å². The van der Waals surface area contributed by atoms with Crippen molar-refractivity contribution in [3.8, 4) is 5.75 Å². The van der Waals surface area contributed by atoms with Crippen molar-refractivity contribution in [2.24, 2.45) is 0 Å². The fourth-order valence-electron chi connectivity index (χ4n) is 2.00. The van der Waals surface area contributed by atoms with E-state index in [9.17, 15) is 0 Å². The van der Waals surface area contributed by atoms with Crippen molar-refractivity contribution in [3.05, 3.63) is 30.5 Å². The van der Waals surface area contributed by atoms with Crippen LogP contribution < -0.4 is 10.1 Å². The second kappa shape index (κ2) is 6.24. The van der Waals surface area contributed by atoms with Gasteiger partial charge in [0, 0.05) is 23.8 Å². The molecule has 1 aromatic carbocycles. The maximum absolute atomic E-state index is 5.26. The van der Waals surface area contributed by atoms with Gasteiger partial charge in [-0.2, -0.15) is 0 Å². The van der Waals surface area contributed by atoms with E-state index in [0.29, 0.717) is 0 Å². The van der Waals surface area contributed by atoms with Crippen LogP contribution in [0.15, 0.2) is 30.5 Å². The largest absolute Gasteiger partial charge is 0.497 e. The topological polar surface area (TPSA) is 34.2 Å². The van der Waals surface area contributed by atoms with E-state index in [1.54, 1.807) is 7.11 Å². The lowest BCUT2D eigenvalue weighted by atomic mass is 10.1. The molecule has 0 radical (unpaired) electrons. The molecule has 0 saturated carbocycles. The third kappa shape index (κ3) is 2.92. The third-order valence-corrected chi connectivity index (χ3v) is 3.04. The lowest BCUT2D eigenvalue weighted by Crippen LogP contribution is -2.02. The van der Waals surface area contributed by atoms with Crippen LogP contribution in [0, 0.1) is 0 Å². The molecule has 96 valence electrons. The molecule has 0 aliphatic heterocycles. The van der Waals surface area contributed by atoms with Gasteiger partial charge in [0.2, 0.25) is 0 Å². The first-order valence-electron chi connectivity index (χ1n) is 6.51. The highest BCUT2D eigenvalue weighted by molar-refractivity contribution is 5.92. The molecule has 3 nitrogen and oxygen atoms in total. The maximum atomic E-state index is 5.26. The molecular weight excluding hydrogens is 224 g/mol. The predicted octanol–water partition coefficient (Wildman–Crippen LogP) is 3.85. The van der Waals surface area contributed by atoms with Crippen molar-refractivity contribution < 1.29 is 4.74 Å². The highest BCUT2D eigenvalue weighted by Gasteiger charge is 2.03. The van der Waals surface area contributed by atoms with Crippen LogP contribution in [0.25, 0.3) is 10.9 Å². The number of nitrogens with one attached hydrogen (secondary N) is 1. The molecular formula is C15H20N2O. The monoisotopic (exact) mass is 244 g/mol. The van der Waals surface area contributed by atoms with Crippen LogP contribution in [0.5, 0.6) is 5.75 Å². The van der Waals surface area contributed by atoms with E-state index < -0.39 is 0 Å². The zero-order chi connectivity index (χ0) is 12.8. The van der Waals surface area contributed by atoms with Crippen molar-refractivity contribution in [1.29, 1.82) is 0 Å². The third-order valence-electron chi connectivity index (χ3n) is 3.04. The SMILES string of the molecule is CCCCCNc1ccnc2ccc(OC)cc12. The van der Waals surface area contributed by atoms with Crippen LogP contribution in [0.1, 0.15) is 26.2 Å². The molecule has 1 aromatic heterocycles. The molecule has 0 aliphatic carbocycles. The minimum absolute atomic E-state index is 0.868. The van der Waals surface area contributed by atoms with Crippen LogP contribution in [0.4, 0.5) is 5.69 Å². The molecule has 0 fully saturated rings. The number of hydrogen-bond donors (Lipinski definition) is 1. The number of benzene rings is 1. The minimum Gasteiger partial charge on any atom is -0.497 e. The molecule has 0 amide bonds. The Balaban J connectivity index is 2.20. The zero-order valence-corrected chi connectivity index (χ0v) is 11.1. The van der Waals surface area contributed by atoms with Gasteiger partial charge in [0.25, 0.3) is 0 Å². The molecule has 0 spiro atoms. The van der Waals surface area contributed by atoms with Gasteiger partial charge in [-0.15, -0.1) is 0 Å². The lowest BCUT2D eigenvalue weighted by molar-refractivity contribution is 0.415. The summed E-state index contributed by atoms with van der Waals surface area (Å²) in [5.74, 6) is 0.868. The molecule has 2 aromatic rings. The van der Waals surface area contributed by atoms with Crippen LogP contribution in [0.3, 0.4) is 0 Å². The number of nitrogens with zero attached hydrogens (tertiary/aromatic N) is 1. The summed E-state index contributed by atoms with van der Waals surface area (Å²) in [5, 5.41) is 4.60. The number of aromatic nitrogens is 1. The summed E-state index contributed by atoms with van der Waals surface area (Å²) in [6, 6.07) is 7.99. The summed E-state index contributed by atoms with van der Waals surface area (Å²) >= 11 is 0. The van der Waals surface area contributed by atoms with Gasteiger partial charge in [-0.05, 0) is 30.7 Å². The maximum Gasteiger partial charge on any atom is 0.119 e. The van der Waals surface area contributed by atoms with Crippen molar-refractivity contribution in [1.82, 2.24) is 4.98 Å². The van der Waals surface area contributed by atoms with Crippen LogP contribution >= 0.6 is 0 Å². The number of rotatable bonds is 6. The van der Waals surface area contributed by atoms with Gasteiger partial charge in [-0.3, -0.25) is 4.98 Å². The first-order valence-corrected chi connectivity index (χ1v) is 6.51. The van der Waals surface area contributed by atoms with Crippen LogP contribution in [-0.4, -0.2) is 18.6 Å². The standard InChI is InChI=1S/C15H20N2O/c1-3-4-5-9-16-15-8-10-17-14-7-6-12(18-2)11-13(14)15/h6-8,10-11H,3-5,9H2,1-2H3,(H,16,17). The number of unbranched alkanes of at least 4 members (excludes halogenated alkanes) is 2. The number of fused-ring (bicyclic) bond motifs is 1. The summed E-state index contributed by atoms with van der Waals surface area (Å²) < 4.78 is 5.26. The molecule has 1 N–H and O–H groups in total. The van der Waals surface area contributed by atoms with E-state index >= 15 is 0 Å². The van der Waals surface area contributed by atoms with Gasteiger partial charge in [-0.1, -0.05) is 19.8 Å². The highest BCUT2D eigenvalue weighted by atomic mass is 16.5. The van der Waals surface area contributed by atoms with E-state index in [1.165, 1.54) is 19.3 Å². The summed E-state index contributed by atoms with van der Waals surface area (Å²) in [6.45, 7) is 3.22. The number of hydrogen-bond acceptors (Lipinski definition) is 3. The van der Waals surface area contributed by atoms with E-state index in [-0.39, 0.29) is 0 Å². The first-order chi connectivity index (χ1) is 8.85. The van der Waals surface area contributed by atoms with Gasteiger partial charge < -0.3 is 10.1 Å². The predicted molar refractivity (Wildman–Crippen MR) is 76.3 cm³/mol. The normalized spacial score (nSPS) is 10.6. The highest BCUT2D eigenvalue weighted by Crippen LogP contribution is 2.25. The Bertz CT molecular complexity index is 511. The van der Waals surface area contributed by atoms with Crippen molar-refractivity contribution in [2.45, 2.75) is 26.2 Å². The Morgan fingerprint density at radius 1 is 1.22 bits per heavy atom. The molecule has 0 unspecified atom stereocenters. The Hall–Kier alpha value is -1.77. The lowest BCUT2D eigenvalue weighted by Gasteiger charge is -2.10. The van der Waals surface area contributed by atoms with Gasteiger partial charge in [0.15, 0.2) is 0 Å². The van der Waals surface area contributed by atoms with Gasteiger partial charge in [0.1, 0.15) is 5.75 Å². The number of anilines is 1. The quantitative estimate of drug-likeness (QED) is 0.784. The van der Waals surface area contributed by atoms with E-state index in [0.717, 1.165) is 28.9 Å². The van der Waals surface area contributed by atoms with Crippen molar-refractivity contribution >= 4 is 16.6 Å². The Labute approximate surface area is 108 Å². The summed E-state index contributed by atoms with van der Waals surface area (Å²) in [4.78, 5) is 4.37. The molecule has 0 saturated heterocycles. The Morgan fingerprint density at radius 2 is 2.11 bits per heavy atom. The summed E-state index contributed by atoms with van der Waals surface area (Å²) in [6.07, 6.45) is 5.55. The first kappa shape index (κ1) is 12.7. The molecule has 18 heavy (non-hydrogen) atoms. The zero-order valence-electron chi connectivity index (χ0n) is 11.1. The number of ether oxygens (including phenoxy) is 1. The van der Waals surface area contributed by atoms with E-state index in [2.05, 4.69) is 17.2 Å². The summed E-state index contributed by atoms with van der Waals surface area (Å²) in [7, 11) is 1.69. The Morgan fingerprint density at radius 3 is 2.89 bits per heavy atom. The number of pyridine rings is 1. The second-order valence-electron chi connectivity index (χ2n) is 4.38. The molecule has 1 heterocycles. The second-order valence-corrected chi connectivity index (χ2v) is 4.38. The minimum atomic E-state index is 0.868. The molecule has 3 heteroatoms. The average Bonchev–Trinajstić information content (AvgIpc) is 2.43. The van der Waals surface area contributed by atoms with Gasteiger partial charge in [0.05, 0.1) is 12.6 Å². The van der Waals surface area contributed by atoms with Crippen LogP contribution in [-0.2, 0) is 0 Å². The molecule has 2 rings (SSSR count). The molecule has 0 atom stereocenters. The molecule has 0 bridgehead atoms. The molecule has 0 aliphatic rings. The van der Waals surface area contributed by atoms with Crippen molar-refractivity contribution in [3.63, 3.8) is 0 Å². The smallest absolute Gasteiger partial charge is 0.119 e. The van der Waals surface area contributed by atoms with Gasteiger partial charge in [-0.25, -0.2) is 0 Å². The van der Waals surface area contributed by atoms with Gasteiger partial charge >= 0.3 is 0 Å². The van der Waals surface area contributed by atoms with Crippen molar-refractivity contribution in [2.75, 3.05) is 19.0 Å². The fourth-order valence-corrected chi connectivity index (χ4v) is 2.00.